The Morgan fingerprint density at radius 1 is 0.758 bits per heavy atom. The van der Waals surface area contributed by atoms with Crippen LogP contribution in [0.5, 0.6) is 5.75 Å². The van der Waals surface area contributed by atoms with Crippen molar-refractivity contribution in [1.82, 2.24) is 20.1 Å². The molecule has 2 aromatic heterocycles. The highest BCUT2D eigenvalue weighted by molar-refractivity contribution is 6.05. The number of amides is 2. The summed E-state index contributed by atoms with van der Waals surface area (Å²) in [5, 5.41) is 40.1. The first-order valence-electron chi connectivity index (χ1n) is 22.3. The molecule has 1 aromatic carbocycles. The fourth-order valence-corrected chi connectivity index (χ4v) is 8.19. The highest BCUT2D eigenvalue weighted by Gasteiger charge is 2.53. The van der Waals surface area contributed by atoms with Crippen molar-refractivity contribution in [1.29, 1.82) is 0 Å². The monoisotopic (exact) mass is 938 g/mol. The Hall–Kier alpha value is -4.49. The number of alkyl halides is 3. The molecule has 2 saturated carbocycles. The molecular weight excluding hydrogens is 878 g/mol. The summed E-state index contributed by atoms with van der Waals surface area (Å²) < 4.78 is 82.3. The minimum absolute atomic E-state index is 0.0110. The summed E-state index contributed by atoms with van der Waals surface area (Å²) >= 11 is 0. The number of ether oxygens (including phenoxy) is 8. The maximum Gasteiger partial charge on any atom is 0.573 e. The summed E-state index contributed by atoms with van der Waals surface area (Å²) in [4.78, 5) is 32.2. The molecule has 3 fully saturated rings. The number of nitrogens with one attached hydrogen (secondary N) is 2. The minimum Gasteiger partial charge on any atom is -0.406 e. The zero-order valence-electron chi connectivity index (χ0n) is 36.8. The first kappa shape index (κ1) is 50.9. The Labute approximate surface area is 380 Å². The second-order valence-electron chi connectivity index (χ2n) is 16.0. The Balaban J connectivity index is 0.755. The fraction of sp³-hybridized carbons (Fsp3) is 0.636. The average molecular weight is 939 g/mol. The lowest BCUT2D eigenvalue weighted by atomic mass is 9.84. The quantitative estimate of drug-likeness (QED) is 0.0605. The van der Waals surface area contributed by atoms with Crippen LogP contribution in [0.25, 0.3) is 11.3 Å². The molecule has 22 heteroatoms. The third kappa shape index (κ3) is 15.8. The number of β-amino-alcohol motifs (C(OH)–C–C–N with tert-alkyl or cyclic N) is 1. The smallest absolute Gasteiger partial charge is 0.406 e. The van der Waals surface area contributed by atoms with Gasteiger partial charge in [0.15, 0.2) is 0 Å². The van der Waals surface area contributed by atoms with Gasteiger partial charge in [-0.25, -0.2) is 4.98 Å². The molecule has 66 heavy (non-hydrogen) atoms. The SMILES string of the molecule is O=C(Nc1ccc(OC(F)(F)F)cc1)c1cnc(N2CC[C@@H](O)C2)c(-c2ccnn2CCOCCOCCOCCOCCOCCOCCOCCNC(=O)[C@H]2C[C@@H]3C[C@H]2[C@@H](O)[C@H]3O)c1. The van der Waals surface area contributed by atoms with Gasteiger partial charge in [-0.2, -0.15) is 5.10 Å². The van der Waals surface area contributed by atoms with Crippen LogP contribution >= 0.6 is 0 Å². The molecule has 6 atom stereocenters. The maximum absolute atomic E-state index is 13.2. The number of halogens is 3. The van der Waals surface area contributed by atoms with Gasteiger partial charge in [-0.3, -0.25) is 14.3 Å². The van der Waals surface area contributed by atoms with Crippen LogP contribution in [-0.4, -0.2) is 179 Å². The van der Waals surface area contributed by atoms with Crippen molar-refractivity contribution >= 4 is 23.3 Å². The van der Waals surface area contributed by atoms with E-state index in [1.165, 1.54) is 18.3 Å². The van der Waals surface area contributed by atoms with Crippen molar-refractivity contribution in [3.63, 3.8) is 0 Å². The molecule has 2 aliphatic carbocycles. The molecule has 0 radical (unpaired) electrons. The summed E-state index contributed by atoms with van der Waals surface area (Å²) in [6, 6.07) is 8.28. The molecular formula is C44H61F3N6O13. The molecule has 3 heterocycles. The summed E-state index contributed by atoms with van der Waals surface area (Å²) in [7, 11) is 0. The van der Waals surface area contributed by atoms with Crippen LogP contribution in [0.4, 0.5) is 24.7 Å². The predicted octanol–water partition coefficient (Wildman–Crippen LogP) is 2.28. The van der Waals surface area contributed by atoms with Crippen molar-refractivity contribution in [3.8, 4) is 17.0 Å². The second-order valence-corrected chi connectivity index (χ2v) is 16.0. The third-order valence-corrected chi connectivity index (χ3v) is 11.4. The second kappa shape index (κ2) is 26.2. The van der Waals surface area contributed by atoms with Gasteiger partial charge in [0.25, 0.3) is 5.91 Å². The molecule has 2 bridgehead atoms. The van der Waals surface area contributed by atoms with Crippen molar-refractivity contribution < 1.29 is 76.0 Å². The number of benzene rings is 1. The number of aromatic nitrogens is 3. The molecule has 366 valence electrons. The van der Waals surface area contributed by atoms with Crippen LogP contribution < -0.4 is 20.3 Å². The zero-order valence-corrected chi connectivity index (χ0v) is 36.8. The number of pyridine rings is 1. The number of anilines is 2. The Morgan fingerprint density at radius 3 is 1.89 bits per heavy atom. The molecule has 1 aliphatic heterocycles. The van der Waals surface area contributed by atoms with E-state index in [0.29, 0.717) is 155 Å². The Kier molecular flexibility index (Phi) is 20.2. The number of carbonyl (C=O) groups is 2. The van der Waals surface area contributed by atoms with Gasteiger partial charge in [0.05, 0.1) is 129 Å². The molecule has 5 N–H and O–H groups in total. The van der Waals surface area contributed by atoms with E-state index in [0.717, 1.165) is 12.1 Å². The first-order valence-corrected chi connectivity index (χ1v) is 22.3. The van der Waals surface area contributed by atoms with Crippen molar-refractivity contribution in [2.45, 2.75) is 50.5 Å². The van der Waals surface area contributed by atoms with Crippen LogP contribution in [0.3, 0.4) is 0 Å². The van der Waals surface area contributed by atoms with E-state index in [2.05, 4.69) is 25.5 Å². The maximum atomic E-state index is 13.2. The lowest BCUT2D eigenvalue weighted by Crippen LogP contribution is -2.43. The average Bonchev–Trinajstić information content (AvgIpc) is 4.11. The first-order chi connectivity index (χ1) is 32.0. The van der Waals surface area contributed by atoms with Crippen LogP contribution in [0.1, 0.15) is 29.6 Å². The minimum atomic E-state index is -4.83. The van der Waals surface area contributed by atoms with Crippen LogP contribution in [0.2, 0.25) is 0 Å². The Morgan fingerprint density at radius 2 is 1.35 bits per heavy atom. The predicted molar refractivity (Wildman–Crippen MR) is 230 cm³/mol. The number of aliphatic hydroxyl groups is 3. The van der Waals surface area contributed by atoms with E-state index in [-0.39, 0.29) is 34.9 Å². The standard InChI is InChI=1S/C44H61F3N6O13/c45-44(46,47)66-34-3-1-32(2-4-34)51-42(57)31-27-37(41(49-28-31)52-9-6-33(54)29-52)38-5-7-50-53(38)10-12-60-14-16-62-18-20-64-22-24-65-23-21-63-19-17-61-15-13-59-11-8-48-43(58)36-26-30-25-35(36)40(56)39(30)55/h1-5,7,27-28,30,33,35-36,39-40,54-56H,6,8-26,29H2,(H,48,58)(H,51,57)/t30-,33+,35+,36-,39-,40+/m0/s1. The summed E-state index contributed by atoms with van der Waals surface area (Å²) in [6.07, 6.45) is -1.93. The normalized spacial score (nSPS) is 21.5. The van der Waals surface area contributed by atoms with E-state index in [9.17, 15) is 38.1 Å². The molecule has 0 spiro atoms. The van der Waals surface area contributed by atoms with E-state index in [1.54, 1.807) is 23.0 Å². The number of fused-ring (bicyclic) bond motifs is 2. The number of rotatable bonds is 30. The van der Waals surface area contributed by atoms with Gasteiger partial charge in [-0.1, -0.05) is 0 Å². The molecule has 3 aliphatic rings. The molecule has 0 unspecified atom stereocenters. The van der Waals surface area contributed by atoms with Crippen LogP contribution in [0.15, 0.2) is 48.8 Å². The molecule has 6 rings (SSSR count). The summed E-state index contributed by atoms with van der Waals surface area (Å²) in [5.74, 6) is -0.843. The van der Waals surface area contributed by atoms with Crippen molar-refractivity contribution in [2.75, 3.05) is 122 Å². The highest BCUT2D eigenvalue weighted by Crippen LogP contribution is 2.48. The highest BCUT2D eigenvalue weighted by atomic mass is 19.4. The van der Waals surface area contributed by atoms with Gasteiger partial charge < -0.3 is 68.7 Å². The van der Waals surface area contributed by atoms with E-state index in [1.807, 2.05) is 4.90 Å². The van der Waals surface area contributed by atoms with Gasteiger partial charge in [-0.05, 0) is 67.5 Å². The number of nitrogens with zero attached hydrogens (tertiary/aromatic N) is 4. The molecule has 19 nitrogen and oxygen atoms in total. The topological polar surface area (TPSA) is 227 Å². The molecule has 1 saturated heterocycles. The fourth-order valence-electron chi connectivity index (χ4n) is 8.19. The van der Waals surface area contributed by atoms with Gasteiger partial charge >= 0.3 is 6.36 Å². The lowest BCUT2D eigenvalue weighted by Gasteiger charge is -2.28. The molecule has 3 aromatic rings. The number of hydrogen-bond acceptors (Lipinski definition) is 16. The lowest BCUT2D eigenvalue weighted by molar-refractivity contribution is -0.274. The summed E-state index contributed by atoms with van der Waals surface area (Å²) in [5.41, 5.74) is 1.76. The van der Waals surface area contributed by atoms with Gasteiger partial charge in [-0.15, -0.1) is 13.2 Å². The summed E-state index contributed by atoms with van der Waals surface area (Å²) in [6.45, 7) is 7.20. The van der Waals surface area contributed by atoms with Crippen LogP contribution in [0, 0.1) is 17.8 Å². The van der Waals surface area contributed by atoms with E-state index < -0.39 is 36.3 Å². The van der Waals surface area contributed by atoms with Gasteiger partial charge in [0, 0.05) is 49.2 Å². The van der Waals surface area contributed by atoms with E-state index >= 15 is 0 Å². The van der Waals surface area contributed by atoms with Crippen molar-refractivity contribution in [3.05, 3.63) is 54.4 Å². The number of aliphatic hydroxyl groups excluding tert-OH is 3. The van der Waals surface area contributed by atoms with E-state index in [4.69, 9.17) is 33.2 Å². The third-order valence-electron chi connectivity index (χ3n) is 11.4. The van der Waals surface area contributed by atoms with Crippen molar-refractivity contribution in [2.24, 2.45) is 17.8 Å². The van der Waals surface area contributed by atoms with Gasteiger partial charge in [0.2, 0.25) is 5.91 Å². The Bertz CT molecular complexity index is 1930. The number of hydrogen-bond donors (Lipinski definition) is 5. The zero-order chi connectivity index (χ0) is 46.7. The van der Waals surface area contributed by atoms with Crippen LogP contribution in [-0.2, 0) is 44.5 Å². The molecule has 2 amide bonds. The number of carbonyl (C=O) groups excluding carboxylic acids is 2. The van der Waals surface area contributed by atoms with Gasteiger partial charge in [0.1, 0.15) is 11.6 Å². The largest absolute Gasteiger partial charge is 0.573 e.